The normalized spacial score (nSPS) is 15.4. The predicted octanol–water partition coefficient (Wildman–Crippen LogP) is 2.99. The summed E-state index contributed by atoms with van der Waals surface area (Å²) in [7, 11) is 0. The Balaban J connectivity index is 1.99. The molecule has 1 aromatic carbocycles. The quantitative estimate of drug-likeness (QED) is 0.678. The number of anilines is 1. The largest absolute Gasteiger partial charge is 0.482 e. The van der Waals surface area contributed by atoms with E-state index in [1.165, 1.54) is 0 Å². The van der Waals surface area contributed by atoms with Crippen molar-refractivity contribution in [3.8, 4) is 5.75 Å². The van der Waals surface area contributed by atoms with E-state index in [0.29, 0.717) is 19.0 Å². The van der Waals surface area contributed by atoms with Crippen molar-refractivity contribution in [2.24, 2.45) is 5.41 Å². The van der Waals surface area contributed by atoms with E-state index in [1.54, 1.807) is 18.2 Å². The third kappa shape index (κ3) is 4.47. The van der Waals surface area contributed by atoms with Gasteiger partial charge >= 0.3 is 5.97 Å². The minimum atomic E-state index is -1.02. The Hall–Kier alpha value is -2.08. The second kappa shape index (κ2) is 8.15. The lowest BCUT2D eigenvalue weighted by Gasteiger charge is -2.40. The fraction of sp³-hybridized carbons (Fsp3) is 0.556. The monoisotopic (exact) mass is 335 g/mol. The van der Waals surface area contributed by atoms with Crippen LogP contribution in [0.15, 0.2) is 18.2 Å². The Kier molecular flexibility index (Phi) is 6.20. The molecule has 0 atom stereocenters. The van der Waals surface area contributed by atoms with Crippen molar-refractivity contribution in [2.45, 2.75) is 39.5 Å². The van der Waals surface area contributed by atoms with Gasteiger partial charge in [0.15, 0.2) is 6.61 Å². The smallest absolute Gasteiger partial charge is 0.341 e. The number of benzene rings is 1. The van der Waals surface area contributed by atoms with Crippen LogP contribution in [0.4, 0.5) is 5.69 Å². The lowest BCUT2D eigenvalue weighted by atomic mass is 9.66. The number of aliphatic carboxylic acids is 1. The van der Waals surface area contributed by atoms with Gasteiger partial charge in [-0.1, -0.05) is 6.42 Å². The van der Waals surface area contributed by atoms with E-state index in [9.17, 15) is 9.59 Å². The molecule has 1 fully saturated rings. The molecule has 1 aliphatic rings. The number of carbonyl (C=O) groups is 2. The highest BCUT2D eigenvalue weighted by molar-refractivity contribution is 5.96. The first-order valence-corrected chi connectivity index (χ1v) is 8.31. The predicted molar refractivity (Wildman–Crippen MR) is 90.3 cm³/mol. The fourth-order valence-electron chi connectivity index (χ4n) is 2.87. The molecular weight excluding hydrogens is 310 g/mol. The summed E-state index contributed by atoms with van der Waals surface area (Å²) in [5.41, 5.74) is 1.25. The summed E-state index contributed by atoms with van der Waals surface area (Å²) in [5.74, 6) is -0.510. The van der Waals surface area contributed by atoms with E-state index in [2.05, 4.69) is 5.32 Å². The summed E-state index contributed by atoms with van der Waals surface area (Å²) in [5, 5.41) is 11.6. The van der Waals surface area contributed by atoms with Gasteiger partial charge in [-0.05, 0) is 56.9 Å². The van der Waals surface area contributed by atoms with Gasteiger partial charge in [0.1, 0.15) is 5.75 Å². The van der Waals surface area contributed by atoms with Gasteiger partial charge in [-0.15, -0.1) is 0 Å². The molecule has 0 aliphatic heterocycles. The number of aryl methyl sites for hydroxylation is 1. The number of carbonyl (C=O) groups excluding carboxylic acids is 1. The molecule has 6 heteroatoms. The van der Waals surface area contributed by atoms with Gasteiger partial charge in [0.25, 0.3) is 0 Å². The maximum Gasteiger partial charge on any atom is 0.341 e. The Morgan fingerprint density at radius 2 is 2.08 bits per heavy atom. The standard InChI is InChI=1S/C18H25NO5/c1-3-23-10-9-18(7-4-8-18)17(22)19-15-6-5-14(11-13(15)2)24-12-16(20)21/h5-6,11H,3-4,7-10,12H2,1-2H3,(H,19,22)(H,20,21). The minimum absolute atomic E-state index is 0.0377. The number of amides is 1. The molecule has 0 radical (unpaired) electrons. The van der Waals surface area contributed by atoms with Crippen LogP contribution in [0.25, 0.3) is 0 Å². The minimum Gasteiger partial charge on any atom is -0.482 e. The van der Waals surface area contributed by atoms with Crippen LogP contribution < -0.4 is 10.1 Å². The lowest BCUT2D eigenvalue weighted by molar-refractivity contribution is -0.139. The van der Waals surface area contributed by atoms with Crippen molar-refractivity contribution < 1.29 is 24.2 Å². The fourth-order valence-corrected chi connectivity index (χ4v) is 2.87. The highest BCUT2D eigenvalue weighted by Crippen LogP contribution is 2.45. The van der Waals surface area contributed by atoms with Gasteiger partial charge in [-0.25, -0.2) is 4.79 Å². The van der Waals surface area contributed by atoms with Gasteiger partial charge in [0, 0.05) is 18.9 Å². The van der Waals surface area contributed by atoms with Crippen LogP contribution in [0.1, 0.15) is 38.2 Å². The number of hydrogen-bond acceptors (Lipinski definition) is 4. The molecule has 0 unspecified atom stereocenters. The molecule has 132 valence electrons. The van der Waals surface area contributed by atoms with E-state index in [4.69, 9.17) is 14.6 Å². The third-order valence-electron chi connectivity index (χ3n) is 4.53. The molecule has 1 aliphatic carbocycles. The summed E-state index contributed by atoms with van der Waals surface area (Å²) in [6.45, 7) is 4.69. The molecule has 6 nitrogen and oxygen atoms in total. The van der Waals surface area contributed by atoms with Crippen LogP contribution in [0, 0.1) is 12.3 Å². The van der Waals surface area contributed by atoms with Gasteiger partial charge in [0.2, 0.25) is 5.91 Å². The molecule has 2 N–H and O–H groups in total. The van der Waals surface area contributed by atoms with Crippen molar-refractivity contribution in [1.29, 1.82) is 0 Å². The molecule has 1 aromatic rings. The van der Waals surface area contributed by atoms with Crippen LogP contribution in [-0.4, -0.2) is 36.8 Å². The number of nitrogens with one attached hydrogen (secondary N) is 1. The Bertz CT molecular complexity index is 595. The van der Waals surface area contributed by atoms with E-state index < -0.39 is 5.97 Å². The van der Waals surface area contributed by atoms with Crippen LogP contribution in [0.2, 0.25) is 0 Å². The zero-order chi connectivity index (χ0) is 17.6. The summed E-state index contributed by atoms with van der Waals surface area (Å²) in [6, 6.07) is 5.14. The first-order chi connectivity index (χ1) is 11.5. The SMILES string of the molecule is CCOCCC1(C(=O)Nc2ccc(OCC(=O)O)cc2C)CCC1. The lowest BCUT2D eigenvalue weighted by Crippen LogP contribution is -2.43. The van der Waals surface area contributed by atoms with Gasteiger partial charge < -0.3 is 19.9 Å². The summed E-state index contributed by atoms with van der Waals surface area (Å²) in [6.07, 6.45) is 3.60. The highest BCUT2D eigenvalue weighted by Gasteiger charge is 2.43. The molecule has 0 saturated heterocycles. The van der Waals surface area contributed by atoms with Crippen molar-refractivity contribution in [3.63, 3.8) is 0 Å². The van der Waals surface area contributed by atoms with Crippen molar-refractivity contribution in [3.05, 3.63) is 23.8 Å². The average Bonchev–Trinajstić information content (AvgIpc) is 2.50. The van der Waals surface area contributed by atoms with Crippen molar-refractivity contribution in [2.75, 3.05) is 25.1 Å². The zero-order valence-corrected chi connectivity index (χ0v) is 14.3. The molecule has 0 heterocycles. The van der Waals surface area contributed by atoms with E-state index >= 15 is 0 Å². The Morgan fingerprint density at radius 1 is 1.33 bits per heavy atom. The number of rotatable bonds is 9. The summed E-state index contributed by atoms with van der Waals surface area (Å²) >= 11 is 0. The molecule has 24 heavy (non-hydrogen) atoms. The van der Waals surface area contributed by atoms with Gasteiger partial charge in [0.05, 0.1) is 5.41 Å². The number of hydrogen-bond donors (Lipinski definition) is 2. The second-order valence-corrected chi connectivity index (χ2v) is 6.19. The van der Waals surface area contributed by atoms with E-state index in [-0.39, 0.29) is 17.9 Å². The van der Waals surface area contributed by atoms with E-state index in [0.717, 1.165) is 36.9 Å². The Morgan fingerprint density at radius 3 is 2.62 bits per heavy atom. The summed E-state index contributed by atoms with van der Waals surface area (Å²) in [4.78, 5) is 23.2. The first-order valence-electron chi connectivity index (χ1n) is 8.31. The van der Waals surface area contributed by atoms with Crippen LogP contribution in [0.3, 0.4) is 0 Å². The maximum atomic E-state index is 12.7. The van der Waals surface area contributed by atoms with Crippen molar-refractivity contribution >= 4 is 17.6 Å². The molecule has 2 rings (SSSR count). The molecule has 1 saturated carbocycles. The summed E-state index contributed by atoms with van der Waals surface area (Å²) < 4.78 is 10.6. The number of carboxylic acids is 1. The molecule has 0 spiro atoms. The second-order valence-electron chi connectivity index (χ2n) is 6.19. The highest BCUT2D eigenvalue weighted by atomic mass is 16.5. The number of carboxylic acid groups (broad SMARTS) is 1. The first kappa shape index (κ1) is 18.3. The Labute approximate surface area is 142 Å². The molecular formula is C18H25NO5. The van der Waals surface area contributed by atoms with Crippen LogP contribution in [-0.2, 0) is 14.3 Å². The topological polar surface area (TPSA) is 84.9 Å². The van der Waals surface area contributed by atoms with Crippen LogP contribution >= 0.6 is 0 Å². The molecule has 1 amide bonds. The van der Waals surface area contributed by atoms with Gasteiger partial charge in [-0.2, -0.15) is 0 Å². The molecule has 0 bridgehead atoms. The van der Waals surface area contributed by atoms with Crippen molar-refractivity contribution in [1.82, 2.24) is 0 Å². The third-order valence-corrected chi connectivity index (χ3v) is 4.53. The zero-order valence-electron chi connectivity index (χ0n) is 14.3. The van der Waals surface area contributed by atoms with Gasteiger partial charge in [-0.3, -0.25) is 4.79 Å². The maximum absolute atomic E-state index is 12.7. The number of ether oxygens (including phenoxy) is 2. The average molecular weight is 335 g/mol. The molecule has 0 aromatic heterocycles. The van der Waals surface area contributed by atoms with E-state index in [1.807, 2.05) is 13.8 Å². The van der Waals surface area contributed by atoms with Crippen LogP contribution in [0.5, 0.6) is 5.75 Å².